The van der Waals surface area contributed by atoms with Gasteiger partial charge in [-0.25, -0.2) is 0 Å². The van der Waals surface area contributed by atoms with Crippen molar-refractivity contribution in [2.45, 2.75) is 12.8 Å². The molecule has 1 heterocycles. The van der Waals surface area contributed by atoms with Crippen molar-refractivity contribution in [3.05, 3.63) is 28.3 Å². The largest absolute Gasteiger partial charge is 0.490 e. The average molecular weight is 266 g/mol. The van der Waals surface area contributed by atoms with Gasteiger partial charge in [-0.3, -0.25) is 10.1 Å². The molecule has 1 aliphatic rings. The molecule has 1 N–H and O–H groups in total. The van der Waals surface area contributed by atoms with Crippen LogP contribution in [0, 0.1) is 16.0 Å². The average Bonchev–Trinajstić information content (AvgIpc) is 2.46. The van der Waals surface area contributed by atoms with Gasteiger partial charge in [0.1, 0.15) is 5.69 Å². The SMILES string of the molecule is COc1cccc(N2CCCC(CO)C2)c1[N+](=O)[O-]. The van der Waals surface area contributed by atoms with Crippen LogP contribution in [-0.4, -0.2) is 36.8 Å². The number of hydrogen-bond donors (Lipinski definition) is 1. The number of nitro benzene ring substituents is 1. The monoisotopic (exact) mass is 266 g/mol. The van der Waals surface area contributed by atoms with E-state index in [0.29, 0.717) is 12.2 Å². The van der Waals surface area contributed by atoms with E-state index in [1.165, 1.54) is 7.11 Å². The highest BCUT2D eigenvalue weighted by Crippen LogP contribution is 2.38. The molecule has 1 aromatic carbocycles. The maximum atomic E-state index is 11.2. The second-order valence-corrected chi connectivity index (χ2v) is 4.72. The molecule has 1 unspecified atom stereocenters. The fraction of sp³-hybridized carbons (Fsp3) is 0.538. The lowest BCUT2D eigenvalue weighted by molar-refractivity contribution is -0.385. The van der Waals surface area contributed by atoms with E-state index in [1.54, 1.807) is 18.2 Å². The summed E-state index contributed by atoms with van der Waals surface area (Å²) in [7, 11) is 1.43. The summed E-state index contributed by atoms with van der Waals surface area (Å²) >= 11 is 0. The molecule has 6 heteroatoms. The predicted molar refractivity (Wildman–Crippen MR) is 71.7 cm³/mol. The van der Waals surface area contributed by atoms with Gasteiger partial charge in [0.15, 0.2) is 5.75 Å². The molecule has 19 heavy (non-hydrogen) atoms. The van der Waals surface area contributed by atoms with Gasteiger partial charge in [0, 0.05) is 19.7 Å². The summed E-state index contributed by atoms with van der Waals surface area (Å²) in [6.45, 7) is 1.53. The number of aliphatic hydroxyl groups excluding tert-OH is 1. The van der Waals surface area contributed by atoms with Gasteiger partial charge in [-0.15, -0.1) is 0 Å². The molecule has 0 bridgehead atoms. The standard InChI is InChI=1S/C13H18N2O4/c1-19-12-6-2-5-11(13(12)15(17)18)14-7-3-4-10(8-14)9-16/h2,5-6,10,16H,3-4,7-9H2,1H3. The summed E-state index contributed by atoms with van der Waals surface area (Å²) in [5, 5.41) is 20.5. The molecule has 1 aromatic rings. The molecule has 0 aromatic heterocycles. The van der Waals surface area contributed by atoms with E-state index in [4.69, 9.17) is 4.74 Å². The number of hydrogen-bond acceptors (Lipinski definition) is 5. The van der Waals surface area contributed by atoms with E-state index in [9.17, 15) is 15.2 Å². The van der Waals surface area contributed by atoms with Gasteiger partial charge in [0.2, 0.25) is 0 Å². The van der Waals surface area contributed by atoms with Crippen LogP contribution in [0.15, 0.2) is 18.2 Å². The third-order valence-corrected chi connectivity index (χ3v) is 3.50. The van der Waals surface area contributed by atoms with Crippen LogP contribution in [0.5, 0.6) is 5.75 Å². The number of piperidine rings is 1. The zero-order valence-electron chi connectivity index (χ0n) is 10.9. The summed E-state index contributed by atoms with van der Waals surface area (Å²) in [6.07, 6.45) is 1.89. The topological polar surface area (TPSA) is 75.8 Å². The molecule has 0 aliphatic carbocycles. The lowest BCUT2D eigenvalue weighted by Gasteiger charge is -2.33. The normalized spacial score (nSPS) is 19.3. The minimum Gasteiger partial charge on any atom is -0.490 e. The van der Waals surface area contributed by atoms with Crippen molar-refractivity contribution >= 4 is 11.4 Å². The molecule has 1 aliphatic heterocycles. The van der Waals surface area contributed by atoms with Crippen molar-refractivity contribution in [3.63, 3.8) is 0 Å². The molecule has 0 saturated carbocycles. The van der Waals surface area contributed by atoms with Gasteiger partial charge < -0.3 is 14.7 Å². The van der Waals surface area contributed by atoms with Crippen LogP contribution < -0.4 is 9.64 Å². The van der Waals surface area contributed by atoms with Crippen molar-refractivity contribution in [2.24, 2.45) is 5.92 Å². The zero-order chi connectivity index (χ0) is 13.8. The molecule has 6 nitrogen and oxygen atoms in total. The molecule has 0 spiro atoms. The highest BCUT2D eigenvalue weighted by atomic mass is 16.6. The van der Waals surface area contributed by atoms with Crippen molar-refractivity contribution in [2.75, 3.05) is 31.7 Å². The quantitative estimate of drug-likeness (QED) is 0.664. The highest BCUT2D eigenvalue weighted by Gasteiger charge is 2.28. The number of nitro groups is 1. The fourth-order valence-electron chi connectivity index (χ4n) is 2.55. The van der Waals surface area contributed by atoms with E-state index in [1.807, 2.05) is 4.90 Å². The van der Waals surface area contributed by atoms with Gasteiger partial charge in [0.25, 0.3) is 0 Å². The molecule has 0 radical (unpaired) electrons. The molecular weight excluding hydrogens is 248 g/mol. The number of anilines is 1. The fourth-order valence-corrected chi connectivity index (χ4v) is 2.55. The van der Waals surface area contributed by atoms with Crippen molar-refractivity contribution in [1.29, 1.82) is 0 Å². The van der Waals surface area contributed by atoms with Gasteiger partial charge in [-0.2, -0.15) is 0 Å². The summed E-state index contributed by atoms with van der Waals surface area (Å²) in [4.78, 5) is 12.8. The molecule has 1 atom stereocenters. The number of nitrogens with zero attached hydrogens (tertiary/aromatic N) is 2. The first-order chi connectivity index (χ1) is 9.17. The van der Waals surface area contributed by atoms with E-state index >= 15 is 0 Å². The van der Waals surface area contributed by atoms with Gasteiger partial charge >= 0.3 is 5.69 Å². The molecule has 2 rings (SSSR count). The summed E-state index contributed by atoms with van der Waals surface area (Å²) in [6, 6.07) is 5.08. The smallest absolute Gasteiger partial charge is 0.333 e. The second kappa shape index (κ2) is 5.88. The predicted octanol–water partition coefficient (Wildman–Crippen LogP) is 1.81. The van der Waals surface area contributed by atoms with Crippen LogP contribution in [0.4, 0.5) is 11.4 Å². The minimum absolute atomic E-state index is 0.00332. The first kappa shape index (κ1) is 13.6. The Morgan fingerprint density at radius 3 is 3.00 bits per heavy atom. The van der Waals surface area contributed by atoms with Crippen LogP contribution in [0.2, 0.25) is 0 Å². The Bertz CT molecular complexity index is 464. The first-order valence-electron chi connectivity index (χ1n) is 6.34. The molecule has 1 saturated heterocycles. The number of benzene rings is 1. The van der Waals surface area contributed by atoms with Crippen LogP contribution in [0.1, 0.15) is 12.8 Å². The summed E-state index contributed by atoms with van der Waals surface area (Å²) < 4.78 is 5.07. The zero-order valence-corrected chi connectivity index (χ0v) is 10.9. The van der Waals surface area contributed by atoms with Crippen molar-refractivity contribution in [1.82, 2.24) is 0 Å². The molecule has 1 fully saturated rings. The summed E-state index contributed by atoms with van der Waals surface area (Å²) in [5.74, 6) is 0.452. The Morgan fingerprint density at radius 1 is 1.58 bits per heavy atom. The number of methoxy groups -OCH3 is 1. The molecule has 104 valence electrons. The van der Waals surface area contributed by atoms with Crippen molar-refractivity contribution < 1.29 is 14.8 Å². The maximum Gasteiger partial charge on any atom is 0.333 e. The Morgan fingerprint density at radius 2 is 2.37 bits per heavy atom. The van der Waals surface area contributed by atoms with Crippen LogP contribution in [0.25, 0.3) is 0 Å². The Balaban J connectivity index is 2.35. The third kappa shape index (κ3) is 2.78. The molecular formula is C13H18N2O4. The van der Waals surface area contributed by atoms with Crippen LogP contribution >= 0.6 is 0 Å². The Labute approximate surface area is 111 Å². The number of aliphatic hydroxyl groups is 1. The number of rotatable bonds is 4. The van der Waals surface area contributed by atoms with Crippen LogP contribution in [0.3, 0.4) is 0 Å². The van der Waals surface area contributed by atoms with Gasteiger partial charge in [-0.1, -0.05) is 6.07 Å². The minimum atomic E-state index is -0.406. The number of ether oxygens (including phenoxy) is 1. The highest BCUT2D eigenvalue weighted by molar-refractivity contribution is 5.70. The van der Waals surface area contributed by atoms with E-state index < -0.39 is 4.92 Å². The Hall–Kier alpha value is -1.82. The molecule has 0 amide bonds. The summed E-state index contributed by atoms with van der Waals surface area (Å²) in [5.41, 5.74) is 0.575. The first-order valence-corrected chi connectivity index (χ1v) is 6.34. The Kier molecular flexibility index (Phi) is 4.21. The van der Waals surface area contributed by atoms with Crippen LogP contribution in [-0.2, 0) is 0 Å². The lowest BCUT2D eigenvalue weighted by Crippen LogP contribution is -2.37. The van der Waals surface area contributed by atoms with Gasteiger partial charge in [0.05, 0.1) is 12.0 Å². The number of para-hydroxylation sites is 1. The van der Waals surface area contributed by atoms with Gasteiger partial charge in [-0.05, 0) is 30.9 Å². The second-order valence-electron chi connectivity index (χ2n) is 4.72. The third-order valence-electron chi connectivity index (χ3n) is 3.50. The van der Waals surface area contributed by atoms with E-state index in [-0.39, 0.29) is 24.0 Å². The van der Waals surface area contributed by atoms with E-state index in [2.05, 4.69) is 0 Å². The van der Waals surface area contributed by atoms with E-state index in [0.717, 1.165) is 19.4 Å². The maximum absolute atomic E-state index is 11.2. The van der Waals surface area contributed by atoms with Crippen molar-refractivity contribution in [3.8, 4) is 5.75 Å². The lowest BCUT2D eigenvalue weighted by atomic mass is 9.98.